The minimum absolute atomic E-state index is 0.293. The van der Waals surface area contributed by atoms with Gasteiger partial charge in [0, 0.05) is 11.6 Å². The molecule has 1 heterocycles. The van der Waals surface area contributed by atoms with E-state index in [0.29, 0.717) is 16.9 Å². The van der Waals surface area contributed by atoms with E-state index in [1.54, 1.807) is 24.0 Å². The molecule has 0 saturated carbocycles. The van der Waals surface area contributed by atoms with Gasteiger partial charge in [0.1, 0.15) is 17.5 Å². The van der Waals surface area contributed by atoms with Crippen molar-refractivity contribution in [2.45, 2.75) is 32.7 Å². The smallest absolute Gasteiger partial charge is 0.147 e. The number of nitrogens with zero attached hydrogens (tertiary/aromatic N) is 1. The van der Waals surface area contributed by atoms with Crippen LogP contribution in [0.3, 0.4) is 0 Å². The maximum atomic E-state index is 14.9. The standard InChI is InChI=1S/C21H18F3N/c1-11-6-15-16-7-12(2)9-19(24)21(16)25(20(15)18(23)8-11)14-5-4-13(3)17(22)10-14/h4-10,15,20H,1-3H3. The fourth-order valence-corrected chi connectivity index (χ4v) is 3.87. The molecule has 0 fully saturated rings. The molecule has 25 heavy (non-hydrogen) atoms. The van der Waals surface area contributed by atoms with Gasteiger partial charge in [-0.05, 0) is 61.7 Å². The molecule has 0 spiro atoms. The monoisotopic (exact) mass is 341 g/mol. The molecule has 2 atom stereocenters. The highest BCUT2D eigenvalue weighted by Gasteiger charge is 2.44. The predicted octanol–water partition coefficient (Wildman–Crippen LogP) is 6.00. The van der Waals surface area contributed by atoms with Gasteiger partial charge in [0.2, 0.25) is 0 Å². The van der Waals surface area contributed by atoms with Crippen LogP contribution in [0.1, 0.15) is 29.5 Å². The molecular formula is C21H18F3N. The fourth-order valence-electron chi connectivity index (χ4n) is 3.87. The zero-order valence-corrected chi connectivity index (χ0v) is 14.3. The van der Waals surface area contributed by atoms with E-state index in [2.05, 4.69) is 0 Å². The molecule has 2 aromatic rings. The number of aryl methyl sites for hydroxylation is 2. The average molecular weight is 341 g/mol. The Balaban J connectivity index is 1.98. The van der Waals surface area contributed by atoms with E-state index in [9.17, 15) is 13.2 Å². The molecule has 0 aromatic heterocycles. The summed E-state index contributed by atoms with van der Waals surface area (Å²) in [7, 11) is 0. The van der Waals surface area contributed by atoms with Crippen molar-refractivity contribution in [2.75, 3.05) is 4.90 Å². The molecule has 1 nitrogen and oxygen atoms in total. The van der Waals surface area contributed by atoms with Crippen molar-refractivity contribution in [3.63, 3.8) is 0 Å². The Kier molecular flexibility index (Phi) is 3.53. The van der Waals surface area contributed by atoms with Gasteiger partial charge in [-0.3, -0.25) is 0 Å². The Labute approximate surface area is 145 Å². The molecule has 0 radical (unpaired) electrons. The first-order chi connectivity index (χ1) is 11.9. The summed E-state index contributed by atoms with van der Waals surface area (Å²) < 4.78 is 43.8. The van der Waals surface area contributed by atoms with Gasteiger partial charge in [-0.1, -0.05) is 23.8 Å². The number of halogens is 3. The molecule has 4 heteroatoms. The van der Waals surface area contributed by atoms with Gasteiger partial charge < -0.3 is 4.90 Å². The highest BCUT2D eigenvalue weighted by Crippen LogP contribution is 2.52. The first-order valence-corrected chi connectivity index (χ1v) is 8.28. The average Bonchev–Trinajstić information content (AvgIpc) is 2.85. The molecule has 2 aliphatic rings. The Morgan fingerprint density at radius 1 is 0.920 bits per heavy atom. The van der Waals surface area contributed by atoms with Gasteiger partial charge in [0.15, 0.2) is 0 Å². The van der Waals surface area contributed by atoms with E-state index in [1.807, 2.05) is 26.0 Å². The number of hydrogen-bond acceptors (Lipinski definition) is 1. The predicted molar refractivity (Wildman–Crippen MR) is 93.9 cm³/mol. The lowest BCUT2D eigenvalue weighted by Crippen LogP contribution is -2.32. The Hall–Kier alpha value is -2.49. The third kappa shape index (κ3) is 2.39. The summed E-state index contributed by atoms with van der Waals surface area (Å²) in [5, 5.41) is 0. The van der Waals surface area contributed by atoms with Gasteiger partial charge in [-0.25, -0.2) is 13.2 Å². The number of benzene rings is 2. The normalized spacial score (nSPS) is 21.6. The summed E-state index contributed by atoms with van der Waals surface area (Å²) in [5.41, 5.74) is 3.62. The van der Waals surface area contributed by atoms with Crippen LogP contribution in [0.25, 0.3) is 0 Å². The Morgan fingerprint density at radius 2 is 1.68 bits per heavy atom. The maximum Gasteiger partial charge on any atom is 0.147 e. The maximum absolute atomic E-state index is 14.9. The van der Waals surface area contributed by atoms with Crippen molar-refractivity contribution in [3.05, 3.63) is 82.2 Å². The minimum Gasteiger partial charge on any atom is -0.328 e. The van der Waals surface area contributed by atoms with Crippen LogP contribution in [0.15, 0.2) is 53.9 Å². The van der Waals surface area contributed by atoms with E-state index in [-0.39, 0.29) is 17.6 Å². The summed E-state index contributed by atoms with van der Waals surface area (Å²) in [6, 6.07) is 7.34. The topological polar surface area (TPSA) is 3.24 Å². The van der Waals surface area contributed by atoms with E-state index >= 15 is 0 Å². The molecule has 2 aromatic carbocycles. The fraction of sp³-hybridized carbons (Fsp3) is 0.238. The van der Waals surface area contributed by atoms with E-state index in [4.69, 9.17) is 0 Å². The van der Waals surface area contributed by atoms with Crippen LogP contribution in [0, 0.1) is 25.5 Å². The molecule has 1 aliphatic carbocycles. The summed E-state index contributed by atoms with van der Waals surface area (Å²) >= 11 is 0. The van der Waals surface area contributed by atoms with Gasteiger partial charge >= 0.3 is 0 Å². The van der Waals surface area contributed by atoms with Crippen LogP contribution in [0.2, 0.25) is 0 Å². The number of fused-ring (bicyclic) bond motifs is 3. The summed E-state index contributed by atoms with van der Waals surface area (Å²) in [4.78, 5) is 1.59. The second kappa shape index (κ2) is 5.51. The summed E-state index contributed by atoms with van der Waals surface area (Å²) in [5.74, 6) is -1.43. The van der Waals surface area contributed by atoms with Crippen molar-refractivity contribution in [1.82, 2.24) is 0 Å². The largest absolute Gasteiger partial charge is 0.328 e. The highest BCUT2D eigenvalue weighted by molar-refractivity contribution is 5.77. The minimum atomic E-state index is -0.683. The lowest BCUT2D eigenvalue weighted by Gasteiger charge is -2.30. The van der Waals surface area contributed by atoms with E-state index in [1.165, 1.54) is 18.2 Å². The molecule has 0 saturated heterocycles. The Bertz CT molecular complexity index is 942. The third-order valence-corrected chi connectivity index (χ3v) is 4.98. The molecular weight excluding hydrogens is 323 g/mol. The van der Waals surface area contributed by atoms with E-state index < -0.39 is 11.9 Å². The van der Waals surface area contributed by atoms with Crippen molar-refractivity contribution >= 4 is 11.4 Å². The zero-order chi connectivity index (χ0) is 17.9. The van der Waals surface area contributed by atoms with Crippen molar-refractivity contribution < 1.29 is 13.2 Å². The van der Waals surface area contributed by atoms with Crippen molar-refractivity contribution in [2.24, 2.45) is 0 Å². The first kappa shape index (κ1) is 16.0. The molecule has 0 bridgehead atoms. The zero-order valence-electron chi connectivity index (χ0n) is 14.3. The van der Waals surface area contributed by atoms with Crippen LogP contribution < -0.4 is 4.90 Å². The molecule has 0 N–H and O–H groups in total. The van der Waals surface area contributed by atoms with Crippen LogP contribution in [0.4, 0.5) is 24.5 Å². The van der Waals surface area contributed by atoms with Crippen LogP contribution >= 0.6 is 0 Å². The summed E-state index contributed by atoms with van der Waals surface area (Å²) in [6.07, 6.45) is 3.42. The second-order valence-corrected chi connectivity index (χ2v) is 6.90. The van der Waals surface area contributed by atoms with E-state index in [0.717, 1.165) is 16.7 Å². The van der Waals surface area contributed by atoms with Gasteiger partial charge in [-0.15, -0.1) is 0 Å². The van der Waals surface area contributed by atoms with Gasteiger partial charge in [-0.2, -0.15) is 0 Å². The molecule has 2 unspecified atom stereocenters. The Morgan fingerprint density at radius 3 is 2.40 bits per heavy atom. The van der Waals surface area contributed by atoms with Gasteiger partial charge in [0.25, 0.3) is 0 Å². The molecule has 128 valence electrons. The number of allylic oxidation sites excluding steroid dienone is 2. The number of rotatable bonds is 1. The van der Waals surface area contributed by atoms with Crippen molar-refractivity contribution in [1.29, 1.82) is 0 Å². The van der Waals surface area contributed by atoms with Crippen LogP contribution in [-0.4, -0.2) is 6.04 Å². The molecule has 1 aliphatic heterocycles. The lowest BCUT2D eigenvalue weighted by molar-refractivity contribution is 0.514. The van der Waals surface area contributed by atoms with Crippen LogP contribution in [-0.2, 0) is 0 Å². The third-order valence-electron chi connectivity index (χ3n) is 4.98. The highest BCUT2D eigenvalue weighted by atomic mass is 19.1. The van der Waals surface area contributed by atoms with Gasteiger partial charge in [0.05, 0.1) is 11.7 Å². The van der Waals surface area contributed by atoms with Crippen molar-refractivity contribution in [3.8, 4) is 0 Å². The first-order valence-electron chi connectivity index (χ1n) is 8.28. The molecule has 4 rings (SSSR count). The number of anilines is 2. The lowest BCUT2D eigenvalue weighted by atomic mass is 9.87. The second-order valence-electron chi connectivity index (χ2n) is 6.90. The van der Waals surface area contributed by atoms with Crippen LogP contribution in [0.5, 0.6) is 0 Å². The number of hydrogen-bond donors (Lipinski definition) is 0. The summed E-state index contributed by atoms with van der Waals surface area (Å²) in [6.45, 7) is 5.31. The SMILES string of the molecule is CC1=CC2c3cc(C)cc(F)c3N(c3ccc(C)c(F)c3)C2C(F)=C1. The molecule has 0 amide bonds. The quantitative estimate of drug-likeness (QED) is 0.615.